The van der Waals surface area contributed by atoms with E-state index in [1.807, 2.05) is 11.9 Å². The number of nitrogens with zero attached hydrogens (tertiary/aromatic N) is 3. The van der Waals surface area contributed by atoms with Crippen molar-refractivity contribution in [3.05, 3.63) is 59.4 Å². The highest BCUT2D eigenvalue weighted by Crippen LogP contribution is 2.35. The van der Waals surface area contributed by atoms with Gasteiger partial charge in [0.25, 0.3) is 5.91 Å². The van der Waals surface area contributed by atoms with Gasteiger partial charge in [-0.2, -0.15) is 13.2 Å². The van der Waals surface area contributed by atoms with E-state index in [9.17, 15) is 18.0 Å². The molecule has 1 atom stereocenters. The normalized spacial score (nSPS) is 20.0. The summed E-state index contributed by atoms with van der Waals surface area (Å²) in [6.07, 6.45) is -2.84. The average Bonchev–Trinajstić information content (AvgIpc) is 3.10. The van der Waals surface area contributed by atoms with Gasteiger partial charge in [0.05, 0.1) is 11.6 Å². The molecule has 9 heteroatoms. The summed E-state index contributed by atoms with van der Waals surface area (Å²) in [5.74, 6) is 0.0770. The summed E-state index contributed by atoms with van der Waals surface area (Å²) in [5, 5.41) is 1.81. The quantitative estimate of drug-likeness (QED) is 0.826. The molecule has 0 spiro atoms. The number of aromatic nitrogens is 1. The molecular weight excluding hydrogens is 371 g/mol. The first-order chi connectivity index (χ1) is 13.3. The first-order valence-corrected chi connectivity index (χ1v) is 8.72. The van der Waals surface area contributed by atoms with Crippen LogP contribution in [0.25, 0.3) is 5.57 Å². The van der Waals surface area contributed by atoms with Gasteiger partial charge in [0.15, 0.2) is 0 Å². The summed E-state index contributed by atoms with van der Waals surface area (Å²) in [6, 6.07) is 8.05. The Morgan fingerprint density at radius 3 is 2.57 bits per heavy atom. The Labute approximate surface area is 159 Å². The SMILES string of the molecule is CC1CN(c2ccc(C(F)(F)F)cc2)C(=O)C2=C(c3ccnc(N)c3)CNN21. The maximum absolute atomic E-state index is 13.2. The molecule has 1 aromatic carbocycles. The molecule has 146 valence electrons. The van der Waals surface area contributed by atoms with Gasteiger partial charge in [-0.05, 0) is 48.9 Å². The van der Waals surface area contributed by atoms with E-state index in [0.717, 1.165) is 23.3 Å². The third-order valence-electron chi connectivity index (χ3n) is 4.92. The Kier molecular flexibility index (Phi) is 4.26. The molecule has 6 nitrogen and oxygen atoms in total. The number of hydrogen-bond donors (Lipinski definition) is 2. The molecule has 4 rings (SSSR count). The Balaban J connectivity index is 1.72. The molecule has 1 saturated heterocycles. The first-order valence-electron chi connectivity index (χ1n) is 8.72. The standard InChI is InChI=1S/C19H18F3N5O/c1-11-10-26(14-4-2-13(3-5-14)19(20,21)22)18(28)17-15(9-25-27(11)17)12-6-7-24-16(23)8-12/h2-8,11,25H,9-10H2,1H3,(H2,23,24). The molecule has 1 aromatic heterocycles. The molecule has 0 radical (unpaired) electrons. The van der Waals surface area contributed by atoms with Crippen LogP contribution in [0.3, 0.4) is 0 Å². The van der Waals surface area contributed by atoms with E-state index in [4.69, 9.17) is 5.73 Å². The van der Waals surface area contributed by atoms with E-state index in [0.29, 0.717) is 30.3 Å². The molecule has 1 amide bonds. The smallest absolute Gasteiger partial charge is 0.384 e. The summed E-state index contributed by atoms with van der Waals surface area (Å²) in [7, 11) is 0. The number of hydrazine groups is 1. The Hall–Kier alpha value is -3.07. The summed E-state index contributed by atoms with van der Waals surface area (Å²) in [4.78, 5) is 18.7. The van der Waals surface area contributed by atoms with Crippen LogP contribution >= 0.6 is 0 Å². The number of carbonyl (C=O) groups is 1. The van der Waals surface area contributed by atoms with Crippen molar-refractivity contribution < 1.29 is 18.0 Å². The highest BCUT2D eigenvalue weighted by Gasteiger charge is 2.40. The number of fused-ring (bicyclic) bond motifs is 1. The van der Waals surface area contributed by atoms with Crippen LogP contribution in [0.1, 0.15) is 18.1 Å². The Morgan fingerprint density at radius 2 is 1.93 bits per heavy atom. The summed E-state index contributed by atoms with van der Waals surface area (Å²) in [5.41, 5.74) is 10.7. The zero-order chi connectivity index (χ0) is 20.1. The highest BCUT2D eigenvalue weighted by molar-refractivity contribution is 6.11. The van der Waals surface area contributed by atoms with Crippen molar-refractivity contribution in [2.24, 2.45) is 0 Å². The van der Waals surface area contributed by atoms with E-state index in [1.54, 1.807) is 18.3 Å². The minimum absolute atomic E-state index is 0.0633. The lowest BCUT2D eigenvalue weighted by molar-refractivity contribution is -0.137. The molecule has 28 heavy (non-hydrogen) atoms. The van der Waals surface area contributed by atoms with Crippen molar-refractivity contribution in [2.75, 3.05) is 23.7 Å². The fourth-order valence-electron chi connectivity index (χ4n) is 3.57. The van der Waals surface area contributed by atoms with Crippen molar-refractivity contribution in [3.8, 4) is 0 Å². The van der Waals surface area contributed by atoms with Gasteiger partial charge in [-0.1, -0.05) is 0 Å². The third kappa shape index (κ3) is 3.07. The third-order valence-corrected chi connectivity index (χ3v) is 4.92. The highest BCUT2D eigenvalue weighted by atomic mass is 19.4. The monoisotopic (exact) mass is 389 g/mol. The van der Waals surface area contributed by atoms with Crippen molar-refractivity contribution in [2.45, 2.75) is 19.1 Å². The average molecular weight is 389 g/mol. The second kappa shape index (κ2) is 6.52. The number of alkyl halides is 3. The van der Waals surface area contributed by atoms with E-state index in [2.05, 4.69) is 10.4 Å². The number of nitrogens with one attached hydrogen (secondary N) is 1. The van der Waals surface area contributed by atoms with E-state index in [1.165, 1.54) is 17.0 Å². The van der Waals surface area contributed by atoms with Gasteiger partial charge in [-0.15, -0.1) is 0 Å². The first kappa shape index (κ1) is 18.3. The van der Waals surface area contributed by atoms with Crippen LogP contribution in [-0.4, -0.2) is 35.0 Å². The van der Waals surface area contributed by atoms with Gasteiger partial charge in [-0.25, -0.2) is 10.4 Å². The van der Waals surface area contributed by atoms with Crippen LogP contribution in [0.15, 0.2) is 48.3 Å². The second-order valence-electron chi connectivity index (χ2n) is 6.81. The van der Waals surface area contributed by atoms with E-state index >= 15 is 0 Å². The van der Waals surface area contributed by atoms with Gasteiger partial charge < -0.3 is 10.6 Å². The van der Waals surface area contributed by atoms with Gasteiger partial charge in [0.2, 0.25) is 0 Å². The van der Waals surface area contributed by atoms with Crippen molar-refractivity contribution in [1.82, 2.24) is 15.4 Å². The summed E-state index contributed by atoms with van der Waals surface area (Å²) in [6.45, 7) is 2.75. The van der Waals surface area contributed by atoms with Gasteiger partial charge in [-0.3, -0.25) is 9.80 Å². The number of carbonyl (C=O) groups excluding carboxylic acids is 1. The number of halogens is 3. The molecule has 2 aliphatic heterocycles. The molecule has 0 aliphatic carbocycles. The molecule has 3 heterocycles. The number of piperazine rings is 1. The topological polar surface area (TPSA) is 74.5 Å². The van der Waals surface area contributed by atoms with Crippen LogP contribution in [0, 0.1) is 0 Å². The van der Waals surface area contributed by atoms with Gasteiger partial charge in [0, 0.05) is 30.5 Å². The van der Waals surface area contributed by atoms with Crippen LogP contribution in [0.4, 0.5) is 24.7 Å². The lowest BCUT2D eigenvalue weighted by Crippen LogP contribution is -2.55. The second-order valence-corrected chi connectivity index (χ2v) is 6.81. The number of pyridine rings is 1. The van der Waals surface area contributed by atoms with Crippen LogP contribution in [0.2, 0.25) is 0 Å². The number of benzene rings is 1. The van der Waals surface area contributed by atoms with Crippen LogP contribution in [-0.2, 0) is 11.0 Å². The molecule has 1 fully saturated rings. The van der Waals surface area contributed by atoms with Crippen LogP contribution in [0.5, 0.6) is 0 Å². The Bertz CT molecular complexity index is 955. The lowest BCUT2D eigenvalue weighted by atomic mass is 10.0. The number of rotatable bonds is 2. The minimum Gasteiger partial charge on any atom is -0.384 e. The predicted molar refractivity (Wildman–Crippen MR) is 98.7 cm³/mol. The zero-order valence-corrected chi connectivity index (χ0v) is 15.0. The number of amides is 1. The lowest BCUT2D eigenvalue weighted by Gasteiger charge is -2.39. The number of anilines is 2. The molecule has 0 bridgehead atoms. The van der Waals surface area contributed by atoms with Gasteiger partial charge >= 0.3 is 6.18 Å². The van der Waals surface area contributed by atoms with Gasteiger partial charge in [0.1, 0.15) is 11.5 Å². The fourth-order valence-corrected chi connectivity index (χ4v) is 3.57. The van der Waals surface area contributed by atoms with Crippen LogP contribution < -0.4 is 16.1 Å². The molecule has 0 saturated carbocycles. The number of nitrogens with two attached hydrogens (primary N) is 1. The fraction of sp³-hybridized carbons (Fsp3) is 0.263. The van der Waals surface area contributed by atoms with E-state index < -0.39 is 11.7 Å². The summed E-state index contributed by atoms with van der Waals surface area (Å²) < 4.78 is 38.5. The summed E-state index contributed by atoms with van der Waals surface area (Å²) >= 11 is 0. The van der Waals surface area contributed by atoms with Crippen molar-refractivity contribution in [1.29, 1.82) is 0 Å². The maximum Gasteiger partial charge on any atom is 0.416 e. The molecule has 1 unspecified atom stereocenters. The van der Waals surface area contributed by atoms with E-state index in [-0.39, 0.29) is 11.9 Å². The number of hydrogen-bond acceptors (Lipinski definition) is 5. The molecule has 2 aromatic rings. The molecule has 2 aliphatic rings. The Morgan fingerprint density at radius 1 is 1.21 bits per heavy atom. The molecular formula is C19H18F3N5O. The zero-order valence-electron chi connectivity index (χ0n) is 15.0. The van der Waals surface area contributed by atoms with Crippen molar-refractivity contribution in [3.63, 3.8) is 0 Å². The van der Waals surface area contributed by atoms with Crippen molar-refractivity contribution >= 4 is 23.0 Å². The molecule has 3 N–H and O–H groups in total. The minimum atomic E-state index is -4.42. The maximum atomic E-state index is 13.2. The largest absolute Gasteiger partial charge is 0.416 e. The number of nitrogen functional groups attached to an aromatic ring is 1. The predicted octanol–water partition coefficient (Wildman–Crippen LogP) is 2.65.